The van der Waals surface area contributed by atoms with Crippen molar-refractivity contribution in [1.82, 2.24) is 4.90 Å². The molecule has 0 radical (unpaired) electrons. The van der Waals surface area contributed by atoms with Crippen LogP contribution in [0.15, 0.2) is 53.0 Å². The van der Waals surface area contributed by atoms with Crippen LogP contribution in [0.2, 0.25) is 0 Å². The van der Waals surface area contributed by atoms with E-state index in [9.17, 15) is 14.7 Å². The van der Waals surface area contributed by atoms with Crippen LogP contribution in [-0.4, -0.2) is 47.7 Å². The highest BCUT2D eigenvalue weighted by atomic mass is 16.3. The van der Waals surface area contributed by atoms with Gasteiger partial charge in [-0.1, -0.05) is 43.3 Å². The van der Waals surface area contributed by atoms with Crippen molar-refractivity contribution >= 4 is 29.8 Å². The highest BCUT2D eigenvalue weighted by Gasteiger charge is 2.21. The molecular formula is C23H25N3O3. The number of hydrogen-bond donors (Lipinski definition) is 2. The summed E-state index contributed by atoms with van der Waals surface area (Å²) in [5, 5.41) is 9.27. The Morgan fingerprint density at radius 1 is 1.17 bits per heavy atom. The van der Waals surface area contributed by atoms with Crippen LogP contribution in [0.1, 0.15) is 35.7 Å². The third-order valence-electron chi connectivity index (χ3n) is 4.80. The molecule has 29 heavy (non-hydrogen) atoms. The van der Waals surface area contributed by atoms with Crippen LogP contribution in [0, 0.1) is 0 Å². The number of amides is 1. The minimum absolute atomic E-state index is 0.0779. The fraction of sp³-hybridized carbons (Fsp3) is 0.261. The van der Waals surface area contributed by atoms with Gasteiger partial charge in [0.25, 0.3) is 0 Å². The Hall–Kier alpha value is -3.25. The van der Waals surface area contributed by atoms with E-state index < -0.39 is 0 Å². The number of amidine groups is 1. The summed E-state index contributed by atoms with van der Waals surface area (Å²) in [6.07, 6.45) is 3.72. The number of aldehydes is 1. The van der Waals surface area contributed by atoms with E-state index in [0.29, 0.717) is 35.7 Å². The second-order valence-corrected chi connectivity index (χ2v) is 6.98. The van der Waals surface area contributed by atoms with Crippen molar-refractivity contribution in [1.29, 1.82) is 0 Å². The van der Waals surface area contributed by atoms with E-state index >= 15 is 0 Å². The molecule has 1 heterocycles. The number of nitrogens with two attached hydrogens (primary N) is 1. The van der Waals surface area contributed by atoms with Gasteiger partial charge in [0.05, 0.1) is 12.3 Å². The molecule has 2 aromatic rings. The number of aliphatic imine (C=N–C) groups is 1. The zero-order valence-corrected chi connectivity index (χ0v) is 16.5. The molecule has 6 heteroatoms. The monoisotopic (exact) mass is 391 g/mol. The quantitative estimate of drug-likeness (QED) is 0.709. The number of carbonyl (C=O) groups excluding carboxylic acids is 2. The van der Waals surface area contributed by atoms with Crippen LogP contribution in [0.3, 0.4) is 0 Å². The summed E-state index contributed by atoms with van der Waals surface area (Å²) in [6, 6.07) is 13.1. The molecule has 2 aromatic carbocycles. The Balaban J connectivity index is 1.95. The van der Waals surface area contributed by atoms with Gasteiger partial charge in [-0.3, -0.25) is 9.59 Å². The van der Waals surface area contributed by atoms with Crippen LogP contribution in [0.4, 0.5) is 5.69 Å². The lowest BCUT2D eigenvalue weighted by Crippen LogP contribution is -2.36. The lowest BCUT2D eigenvalue weighted by molar-refractivity contribution is -0.127. The first-order chi connectivity index (χ1) is 14.0. The van der Waals surface area contributed by atoms with Crippen molar-refractivity contribution in [2.45, 2.75) is 19.8 Å². The molecule has 0 bridgehead atoms. The number of nitrogens with zero attached hydrogens (tertiary/aromatic N) is 2. The Morgan fingerprint density at radius 2 is 1.90 bits per heavy atom. The van der Waals surface area contributed by atoms with Crippen LogP contribution in [0.25, 0.3) is 17.2 Å². The SMILES string of the molecule is CCCN(CCO)C(=O)C1=Cc2ccc(-c3ccc(C=O)cc3)cc2N=C(N)C1. The largest absolute Gasteiger partial charge is 0.395 e. The summed E-state index contributed by atoms with van der Waals surface area (Å²) in [5.41, 5.74) is 10.7. The van der Waals surface area contributed by atoms with Crippen LogP contribution >= 0.6 is 0 Å². The van der Waals surface area contributed by atoms with E-state index in [0.717, 1.165) is 29.4 Å². The molecular weight excluding hydrogens is 366 g/mol. The van der Waals surface area contributed by atoms with E-state index in [4.69, 9.17) is 5.73 Å². The lowest BCUT2D eigenvalue weighted by Gasteiger charge is -2.22. The smallest absolute Gasteiger partial charge is 0.250 e. The molecule has 0 atom stereocenters. The van der Waals surface area contributed by atoms with Gasteiger partial charge in [0.1, 0.15) is 12.1 Å². The molecule has 3 rings (SSSR count). The van der Waals surface area contributed by atoms with E-state index in [1.54, 1.807) is 17.0 Å². The summed E-state index contributed by atoms with van der Waals surface area (Å²) in [6.45, 7) is 2.79. The minimum Gasteiger partial charge on any atom is -0.395 e. The molecule has 0 fully saturated rings. The van der Waals surface area contributed by atoms with Gasteiger partial charge in [-0.05, 0) is 29.7 Å². The number of aliphatic hydroxyl groups is 1. The topological polar surface area (TPSA) is 96.0 Å². The van der Waals surface area contributed by atoms with Crippen molar-refractivity contribution < 1.29 is 14.7 Å². The molecule has 0 unspecified atom stereocenters. The van der Waals surface area contributed by atoms with Gasteiger partial charge < -0.3 is 15.7 Å². The standard InChI is InChI=1S/C23H25N3O3/c1-2-9-26(10-11-27)23(29)20-12-19-8-7-18(13-21(19)25-22(24)14-20)17-5-3-16(15-28)4-6-17/h3-8,12-13,15,27H,2,9-11,14H2,1H3,(H2,24,25). The molecule has 1 amide bonds. The predicted octanol–water partition coefficient (Wildman–Crippen LogP) is 3.17. The summed E-state index contributed by atoms with van der Waals surface area (Å²) in [7, 11) is 0. The first kappa shape index (κ1) is 20.5. The molecule has 0 saturated carbocycles. The predicted molar refractivity (Wildman–Crippen MR) is 115 cm³/mol. The zero-order valence-electron chi connectivity index (χ0n) is 16.5. The number of aliphatic hydroxyl groups excluding tert-OH is 1. The van der Waals surface area contributed by atoms with E-state index in [1.165, 1.54) is 0 Å². The number of benzene rings is 2. The maximum absolute atomic E-state index is 12.9. The summed E-state index contributed by atoms with van der Waals surface area (Å²) < 4.78 is 0. The molecule has 0 aromatic heterocycles. The normalized spacial score (nSPS) is 13.0. The molecule has 1 aliphatic heterocycles. The van der Waals surface area contributed by atoms with Crippen LogP contribution < -0.4 is 5.73 Å². The van der Waals surface area contributed by atoms with Gasteiger partial charge in [-0.2, -0.15) is 0 Å². The van der Waals surface area contributed by atoms with Crippen molar-refractivity contribution in [3.63, 3.8) is 0 Å². The molecule has 1 aliphatic rings. The Kier molecular flexibility index (Phi) is 6.57. The van der Waals surface area contributed by atoms with Crippen molar-refractivity contribution in [3.8, 4) is 11.1 Å². The second-order valence-electron chi connectivity index (χ2n) is 6.98. The first-order valence-corrected chi connectivity index (χ1v) is 9.69. The third-order valence-corrected chi connectivity index (χ3v) is 4.80. The van der Waals surface area contributed by atoms with Crippen molar-refractivity contribution in [3.05, 3.63) is 59.2 Å². The second kappa shape index (κ2) is 9.30. The van der Waals surface area contributed by atoms with Crippen molar-refractivity contribution in [2.75, 3.05) is 19.7 Å². The van der Waals surface area contributed by atoms with Crippen molar-refractivity contribution in [2.24, 2.45) is 10.7 Å². The summed E-state index contributed by atoms with van der Waals surface area (Å²) in [4.78, 5) is 30.0. The maximum Gasteiger partial charge on any atom is 0.250 e. The summed E-state index contributed by atoms with van der Waals surface area (Å²) in [5.74, 6) is 0.248. The molecule has 0 aliphatic carbocycles. The number of fused-ring (bicyclic) bond motifs is 1. The van der Waals surface area contributed by atoms with Gasteiger partial charge in [0.2, 0.25) is 5.91 Å². The Labute approximate surface area is 170 Å². The zero-order chi connectivity index (χ0) is 20.8. The van der Waals surface area contributed by atoms with Gasteiger partial charge in [0, 0.05) is 36.2 Å². The highest BCUT2D eigenvalue weighted by Crippen LogP contribution is 2.32. The van der Waals surface area contributed by atoms with E-state index in [1.807, 2.05) is 43.3 Å². The minimum atomic E-state index is -0.125. The fourth-order valence-electron chi connectivity index (χ4n) is 3.37. The Morgan fingerprint density at radius 3 is 2.55 bits per heavy atom. The number of hydrogen-bond acceptors (Lipinski definition) is 5. The Bertz CT molecular complexity index is 956. The molecule has 6 nitrogen and oxygen atoms in total. The number of carbonyl (C=O) groups is 2. The van der Waals surface area contributed by atoms with Gasteiger partial charge in [0.15, 0.2) is 0 Å². The molecule has 0 spiro atoms. The average molecular weight is 391 g/mol. The lowest BCUT2D eigenvalue weighted by atomic mass is 10.00. The van der Waals surface area contributed by atoms with Gasteiger partial charge >= 0.3 is 0 Å². The highest BCUT2D eigenvalue weighted by molar-refractivity contribution is 6.05. The molecule has 3 N–H and O–H groups in total. The fourth-order valence-corrected chi connectivity index (χ4v) is 3.37. The van der Waals surface area contributed by atoms with E-state index in [-0.39, 0.29) is 18.9 Å². The van der Waals surface area contributed by atoms with Gasteiger partial charge in [-0.15, -0.1) is 0 Å². The van der Waals surface area contributed by atoms with Crippen LogP contribution in [0.5, 0.6) is 0 Å². The average Bonchev–Trinajstić information content (AvgIpc) is 2.90. The summed E-state index contributed by atoms with van der Waals surface area (Å²) >= 11 is 0. The molecule has 150 valence electrons. The van der Waals surface area contributed by atoms with Crippen LogP contribution in [-0.2, 0) is 4.79 Å². The first-order valence-electron chi connectivity index (χ1n) is 9.69. The maximum atomic E-state index is 12.9. The molecule has 0 saturated heterocycles. The number of rotatable bonds is 7. The van der Waals surface area contributed by atoms with Gasteiger partial charge in [-0.25, -0.2) is 4.99 Å². The third kappa shape index (κ3) is 4.78. The van der Waals surface area contributed by atoms with E-state index in [2.05, 4.69) is 4.99 Å².